The fourth-order valence-electron chi connectivity index (χ4n) is 4.64. The highest BCUT2D eigenvalue weighted by Gasteiger charge is 2.34. The van der Waals surface area contributed by atoms with Crippen molar-refractivity contribution in [3.8, 4) is 11.1 Å². The highest BCUT2D eigenvalue weighted by atomic mass is 16.6. The van der Waals surface area contributed by atoms with Gasteiger partial charge in [0.05, 0.1) is 6.04 Å². The van der Waals surface area contributed by atoms with Gasteiger partial charge < -0.3 is 14.6 Å². The summed E-state index contributed by atoms with van der Waals surface area (Å²) in [4.78, 5) is 31.1. The first-order chi connectivity index (χ1) is 15.6. The molecule has 1 unspecified atom stereocenters. The number of para-hydroxylation sites is 1. The van der Waals surface area contributed by atoms with Crippen LogP contribution >= 0.6 is 0 Å². The van der Waals surface area contributed by atoms with E-state index < -0.39 is 18.2 Å². The molecule has 0 spiro atoms. The Kier molecular flexibility index (Phi) is 5.02. The Bertz CT molecular complexity index is 1280. The normalized spacial score (nSPS) is 13.4. The number of hydrogen-bond acceptors (Lipinski definition) is 3. The third-order valence-corrected chi connectivity index (χ3v) is 6.29. The van der Waals surface area contributed by atoms with Crippen molar-refractivity contribution in [3.63, 3.8) is 0 Å². The van der Waals surface area contributed by atoms with Gasteiger partial charge in [-0.15, -0.1) is 0 Å². The first-order valence-corrected chi connectivity index (χ1v) is 10.8. The third-order valence-electron chi connectivity index (χ3n) is 6.29. The molecule has 0 saturated heterocycles. The molecule has 0 aliphatic heterocycles. The summed E-state index contributed by atoms with van der Waals surface area (Å²) in [7, 11) is 1.63. The number of carbonyl (C=O) groups excluding carboxylic acids is 2. The Morgan fingerprint density at radius 3 is 2.19 bits per heavy atom. The van der Waals surface area contributed by atoms with Crippen LogP contribution in [-0.4, -0.2) is 34.8 Å². The monoisotopic (exact) mass is 424 g/mol. The molecule has 0 saturated carbocycles. The molecule has 0 radical (unpaired) electrons. The van der Waals surface area contributed by atoms with E-state index in [9.17, 15) is 9.59 Å². The summed E-state index contributed by atoms with van der Waals surface area (Å²) in [5, 5.41) is 0.858. The van der Waals surface area contributed by atoms with Gasteiger partial charge in [-0.05, 0) is 23.6 Å². The Balaban J connectivity index is 1.41. The van der Waals surface area contributed by atoms with Crippen LogP contribution in [0.2, 0.25) is 0 Å². The summed E-state index contributed by atoms with van der Waals surface area (Å²) in [5.74, 6) is -0.100. The predicted octanol–water partition coefficient (Wildman–Crippen LogP) is 5.97. The zero-order chi connectivity index (χ0) is 22.2. The molecule has 0 bridgehead atoms. The summed E-state index contributed by atoms with van der Waals surface area (Å²) in [6.07, 6.45) is 1.21. The van der Waals surface area contributed by atoms with Crippen LogP contribution in [0.1, 0.15) is 40.9 Å². The summed E-state index contributed by atoms with van der Waals surface area (Å²) in [6, 6.07) is 23.0. The first-order valence-electron chi connectivity index (χ1n) is 10.8. The molecular formula is C27H24N2O3. The molecule has 1 amide bonds. The molecule has 1 aliphatic carbocycles. The maximum absolute atomic E-state index is 13.4. The van der Waals surface area contributed by atoms with Gasteiger partial charge in [-0.1, -0.05) is 73.7 Å². The van der Waals surface area contributed by atoms with E-state index in [1.807, 2.05) is 79.7 Å². The molecule has 32 heavy (non-hydrogen) atoms. The number of likely N-dealkylation sites (N-methyl/N-ethyl adjacent to an activating group) is 1. The highest BCUT2D eigenvalue weighted by Crippen LogP contribution is 2.45. The molecule has 5 nitrogen and oxygen atoms in total. The molecule has 5 rings (SSSR count). The van der Waals surface area contributed by atoms with Crippen molar-refractivity contribution >= 4 is 22.8 Å². The number of aromatic amines is 1. The first kappa shape index (κ1) is 20.1. The van der Waals surface area contributed by atoms with Crippen molar-refractivity contribution in [2.45, 2.75) is 25.5 Å². The highest BCUT2D eigenvalue weighted by molar-refractivity contribution is 6.10. The fourth-order valence-corrected chi connectivity index (χ4v) is 4.64. The van der Waals surface area contributed by atoms with Crippen LogP contribution in [0.3, 0.4) is 0 Å². The molecule has 1 aliphatic rings. The van der Waals surface area contributed by atoms with Crippen molar-refractivity contribution in [3.05, 3.63) is 95.7 Å². The van der Waals surface area contributed by atoms with E-state index in [1.54, 1.807) is 13.2 Å². The van der Waals surface area contributed by atoms with Crippen molar-refractivity contribution < 1.29 is 14.3 Å². The lowest BCUT2D eigenvalue weighted by atomic mass is 10.0. The van der Waals surface area contributed by atoms with Gasteiger partial charge in [-0.3, -0.25) is 4.79 Å². The van der Waals surface area contributed by atoms with Gasteiger partial charge in [0, 0.05) is 40.8 Å². The van der Waals surface area contributed by atoms with Crippen molar-refractivity contribution in [1.29, 1.82) is 0 Å². The average molecular weight is 425 g/mol. The van der Waals surface area contributed by atoms with Gasteiger partial charge in [0.1, 0.15) is 0 Å². The van der Waals surface area contributed by atoms with Gasteiger partial charge in [0.15, 0.2) is 11.9 Å². The van der Waals surface area contributed by atoms with Crippen molar-refractivity contribution in [1.82, 2.24) is 9.88 Å². The van der Waals surface area contributed by atoms with Gasteiger partial charge in [0.2, 0.25) is 0 Å². The fraction of sp³-hybridized carbons (Fsp3) is 0.185. The van der Waals surface area contributed by atoms with E-state index in [0.29, 0.717) is 12.0 Å². The Morgan fingerprint density at radius 1 is 0.938 bits per heavy atom. The van der Waals surface area contributed by atoms with Crippen molar-refractivity contribution in [2.24, 2.45) is 0 Å². The SMILES string of the molecule is CCC(C(=O)c1c[nH]c2ccccc12)N(C)C(=O)OC1c2ccccc2-c2ccccc21. The van der Waals surface area contributed by atoms with Crippen LogP contribution in [0.5, 0.6) is 0 Å². The molecule has 3 aromatic carbocycles. The number of H-pyrrole nitrogens is 1. The zero-order valence-corrected chi connectivity index (χ0v) is 18.0. The second kappa shape index (κ2) is 8.00. The zero-order valence-electron chi connectivity index (χ0n) is 18.0. The minimum atomic E-state index is -0.617. The van der Waals surface area contributed by atoms with E-state index in [2.05, 4.69) is 4.98 Å². The van der Waals surface area contributed by atoms with E-state index in [4.69, 9.17) is 4.74 Å². The van der Waals surface area contributed by atoms with Gasteiger partial charge in [-0.2, -0.15) is 0 Å². The van der Waals surface area contributed by atoms with Crippen LogP contribution in [0.4, 0.5) is 4.79 Å². The molecule has 0 fully saturated rings. The van der Waals surface area contributed by atoms with E-state index in [1.165, 1.54) is 4.90 Å². The summed E-state index contributed by atoms with van der Waals surface area (Å²) < 4.78 is 5.99. The molecule has 1 atom stereocenters. The topological polar surface area (TPSA) is 62.4 Å². The number of fused-ring (bicyclic) bond motifs is 4. The van der Waals surface area contributed by atoms with E-state index >= 15 is 0 Å². The lowest BCUT2D eigenvalue weighted by Gasteiger charge is -2.27. The predicted molar refractivity (Wildman–Crippen MR) is 125 cm³/mol. The number of Topliss-reactive ketones (excluding diaryl/α,β-unsaturated/α-hetero) is 1. The maximum Gasteiger partial charge on any atom is 0.411 e. The van der Waals surface area contributed by atoms with Gasteiger partial charge >= 0.3 is 6.09 Å². The van der Waals surface area contributed by atoms with Gasteiger partial charge in [0.25, 0.3) is 0 Å². The minimum absolute atomic E-state index is 0.100. The number of nitrogens with one attached hydrogen (secondary N) is 1. The number of ketones is 1. The van der Waals surface area contributed by atoms with Crippen LogP contribution in [0, 0.1) is 0 Å². The smallest absolute Gasteiger partial charge is 0.411 e. The second-order valence-electron chi connectivity index (χ2n) is 8.09. The molecule has 160 valence electrons. The number of rotatable bonds is 5. The van der Waals surface area contributed by atoms with Crippen LogP contribution in [-0.2, 0) is 4.74 Å². The number of hydrogen-bond donors (Lipinski definition) is 1. The number of amides is 1. The van der Waals surface area contributed by atoms with Crippen LogP contribution < -0.4 is 0 Å². The molecule has 4 aromatic rings. The Hall–Kier alpha value is -3.86. The van der Waals surface area contributed by atoms with Crippen LogP contribution in [0.25, 0.3) is 22.0 Å². The largest absolute Gasteiger partial charge is 0.436 e. The summed E-state index contributed by atoms with van der Waals surface area (Å²) in [6.45, 7) is 1.90. The second-order valence-corrected chi connectivity index (χ2v) is 8.09. The Morgan fingerprint density at radius 2 is 1.53 bits per heavy atom. The number of nitrogens with zero attached hydrogens (tertiary/aromatic N) is 1. The maximum atomic E-state index is 13.4. The number of benzene rings is 3. The minimum Gasteiger partial charge on any atom is -0.436 e. The standard InChI is InChI=1S/C27H24N2O3/c1-3-24(25(30)22-16-28-23-15-9-8-12-19(22)23)29(2)27(31)32-26-20-13-6-4-10-17(20)18-11-5-7-14-21(18)26/h4-16,24,26,28H,3H2,1-2H3. The lowest BCUT2D eigenvalue weighted by Crippen LogP contribution is -2.42. The van der Waals surface area contributed by atoms with Crippen molar-refractivity contribution in [2.75, 3.05) is 7.05 Å². The third kappa shape index (κ3) is 3.17. The molecular weight excluding hydrogens is 400 g/mol. The number of carbonyl (C=O) groups is 2. The summed E-state index contributed by atoms with van der Waals surface area (Å²) >= 11 is 0. The molecule has 1 heterocycles. The van der Waals surface area contributed by atoms with Crippen LogP contribution in [0.15, 0.2) is 79.0 Å². The van der Waals surface area contributed by atoms with Gasteiger partial charge in [-0.25, -0.2) is 4.79 Å². The molecule has 5 heteroatoms. The van der Waals surface area contributed by atoms with E-state index in [0.717, 1.165) is 33.2 Å². The molecule has 1 N–H and O–H groups in total. The average Bonchev–Trinajstić information content (AvgIpc) is 3.39. The number of aromatic nitrogens is 1. The Labute approximate surface area is 186 Å². The lowest BCUT2D eigenvalue weighted by molar-refractivity contribution is 0.0630. The number of ether oxygens (including phenoxy) is 1. The molecule has 1 aromatic heterocycles. The quantitative estimate of drug-likeness (QED) is 0.402. The summed E-state index contributed by atoms with van der Waals surface area (Å²) in [5.41, 5.74) is 5.56. The van der Waals surface area contributed by atoms with E-state index in [-0.39, 0.29) is 5.78 Å².